The molecular formula is C25H28F3N7O2. The molecule has 1 aliphatic heterocycles. The highest BCUT2D eigenvalue weighted by molar-refractivity contribution is 5.79. The van der Waals surface area contributed by atoms with E-state index in [1.807, 2.05) is 4.57 Å². The van der Waals surface area contributed by atoms with Crippen molar-refractivity contribution in [2.45, 2.75) is 63.1 Å². The molecule has 3 heterocycles. The number of fused-ring (bicyclic) bond motifs is 1. The molecule has 12 heteroatoms. The Kier molecular flexibility index (Phi) is 6.35. The summed E-state index contributed by atoms with van der Waals surface area (Å²) in [7, 11) is 0. The molecule has 1 saturated heterocycles. The van der Waals surface area contributed by atoms with Gasteiger partial charge in [-0.15, -0.1) is 0 Å². The summed E-state index contributed by atoms with van der Waals surface area (Å²) in [5, 5.41) is 9.08. The highest BCUT2D eigenvalue weighted by Gasteiger charge is 2.33. The molecule has 0 bridgehead atoms. The molecule has 2 aliphatic carbocycles. The monoisotopic (exact) mass is 515 g/mol. The van der Waals surface area contributed by atoms with Crippen LogP contribution < -0.4 is 16.0 Å². The Bertz CT molecular complexity index is 1290. The number of nitrogens with zero attached hydrogens (tertiary/aromatic N) is 4. The van der Waals surface area contributed by atoms with Gasteiger partial charge in [0.05, 0.1) is 18.8 Å². The lowest BCUT2D eigenvalue weighted by Gasteiger charge is -2.30. The summed E-state index contributed by atoms with van der Waals surface area (Å²) >= 11 is 0. The summed E-state index contributed by atoms with van der Waals surface area (Å²) in [6.45, 7) is 1.22. The number of carbonyl (C=O) groups is 1. The molecule has 196 valence electrons. The van der Waals surface area contributed by atoms with Crippen molar-refractivity contribution in [3.05, 3.63) is 35.8 Å². The molecule has 3 N–H and O–H groups in total. The molecular weight excluding hydrogens is 487 g/mol. The van der Waals surface area contributed by atoms with Gasteiger partial charge in [0.1, 0.15) is 17.0 Å². The van der Waals surface area contributed by atoms with E-state index in [2.05, 4.69) is 25.9 Å². The summed E-state index contributed by atoms with van der Waals surface area (Å²) in [4.78, 5) is 26.2. The van der Waals surface area contributed by atoms with Gasteiger partial charge in [-0.3, -0.25) is 9.36 Å². The predicted octanol–water partition coefficient (Wildman–Crippen LogP) is 4.20. The zero-order valence-electron chi connectivity index (χ0n) is 20.1. The van der Waals surface area contributed by atoms with Crippen LogP contribution in [-0.4, -0.2) is 50.7 Å². The van der Waals surface area contributed by atoms with E-state index >= 15 is 0 Å². The van der Waals surface area contributed by atoms with Crippen LogP contribution in [0.4, 0.5) is 30.8 Å². The van der Waals surface area contributed by atoms with E-state index in [1.54, 1.807) is 6.20 Å². The zero-order chi connectivity index (χ0) is 25.5. The van der Waals surface area contributed by atoms with Crippen LogP contribution in [0.5, 0.6) is 0 Å². The van der Waals surface area contributed by atoms with Gasteiger partial charge in [-0.25, -0.2) is 23.1 Å². The van der Waals surface area contributed by atoms with Gasteiger partial charge in [-0.1, -0.05) is 0 Å². The minimum absolute atomic E-state index is 0.0655. The van der Waals surface area contributed by atoms with Crippen LogP contribution in [0.2, 0.25) is 0 Å². The first-order chi connectivity index (χ1) is 17.9. The summed E-state index contributed by atoms with van der Waals surface area (Å²) < 4.78 is 49.7. The molecule has 0 unspecified atom stereocenters. The van der Waals surface area contributed by atoms with E-state index in [1.165, 1.54) is 0 Å². The number of anilines is 3. The Morgan fingerprint density at radius 3 is 2.41 bits per heavy atom. The first-order valence-corrected chi connectivity index (χ1v) is 12.8. The summed E-state index contributed by atoms with van der Waals surface area (Å²) in [5.41, 5.74) is 0.463. The molecule has 2 saturated carbocycles. The van der Waals surface area contributed by atoms with Crippen molar-refractivity contribution in [1.82, 2.24) is 24.8 Å². The van der Waals surface area contributed by atoms with E-state index in [0.717, 1.165) is 19.3 Å². The first kappa shape index (κ1) is 24.0. The number of amides is 1. The predicted molar refractivity (Wildman–Crippen MR) is 130 cm³/mol. The number of hydrogen-bond acceptors (Lipinski definition) is 7. The van der Waals surface area contributed by atoms with Gasteiger partial charge in [0, 0.05) is 36.7 Å². The molecule has 2 aromatic heterocycles. The molecule has 0 radical (unpaired) electrons. The molecule has 0 spiro atoms. The lowest BCUT2D eigenvalue weighted by atomic mass is 9.85. The Hall–Kier alpha value is -3.41. The Balaban J connectivity index is 1.32. The number of benzene rings is 1. The number of rotatable bonds is 7. The van der Waals surface area contributed by atoms with Gasteiger partial charge in [-0.05, 0) is 44.9 Å². The Labute approximate surface area is 211 Å². The number of aromatic nitrogens is 4. The Morgan fingerprint density at radius 1 is 0.973 bits per heavy atom. The van der Waals surface area contributed by atoms with Crippen LogP contribution in [0.25, 0.3) is 11.2 Å². The van der Waals surface area contributed by atoms with Crippen molar-refractivity contribution in [3.63, 3.8) is 0 Å². The molecule has 9 nitrogen and oxygen atoms in total. The van der Waals surface area contributed by atoms with Crippen molar-refractivity contribution >= 4 is 34.7 Å². The van der Waals surface area contributed by atoms with Gasteiger partial charge in [0.25, 0.3) is 0 Å². The molecule has 1 atom stereocenters. The van der Waals surface area contributed by atoms with Crippen LogP contribution in [0.1, 0.15) is 51.0 Å². The molecule has 6 rings (SSSR count). The van der Waals surface area contributed by atoms with Crippen molar-refractivity contribution in [1.29, 1.82) is 0 Å². The molecule has 3 aliphatic rings. The van der Waals surface area contributed by atoms with Gasteiger partial charge < -0.3 is 20.7 Å². The number of nitrogens with one attached hydrogen (secondary N) is 3. The molecule has 3 fully saturated rings. The van der Waals surface area contributed by atoms with Gasteiger partial charge in [0.15, 0.2) is 17.3 Å². The summed E-state index contributed by atoms with van der Waals surface area (Å²) in [6.07, 6.45) is 7.17. The number of halogens is 3. The molecule has 1 amide bonds. The smallest absolute Gasteiger partial charge is 0.225 e. The minimum Gasteiger partial charge on any atom is -0.379 e. The van der Waals surface area contributed by atoms with Crippen molar-refractivity contribution < 1.29 is 22.7 Å². The second-order valence-electron chi connectivity index (χ2n) is 10.1. The highest BCUT2D eigenvalue weighted by atomic mass is 19.1. The maximum atomic E-state index is 14.5. The van der Waals surface area contributed by atoms with E-state index in [9.17, 15) is 18.0 Å². The Morgan fingerprint density at radius 2 is 1.73 bits per heavy atom. The zero-order valence-corrected chi connectivity index (χ0v) is 20.1. The fourth-order valence-corrected chi connectivity index (χ4v) is 5.14. The third-order valence-corrected chi connectivity index (χ3v) is 7.30. The number of carbonyl (C=O) groups excluding carboxylic acids is 1. The van der Waals surface area contributed by atoms with Crippen LogP contribution in [0, 0.1) is 23.4 Å². The standard InChI is InChI=1S/C25H28F3N7O2/c26-14-9-18(27)21(19(28)10-14)33-25-32-20-11-29-24(31-16-7-8-37-12-16)34-22(20)35(25)17-5-1-13(2-6-17)23(36)30-15-3-4-15/h9-11,13,15-17H,1-8,12H2,(H,30,36)(H,32,33)(H,29,31,34)/t13?,16-,17?/m0/s1. The van der Waals surface area contributed by atoms with Gasteiger partial charge in [-0.2, -0.15) is 4.98 Å². The normalized spacial score (nSPS) is 23.8. The third kappa shape index (κ3) is 5.07. The van der Waals surface area contributed by atoms with Crippen molar-refractivity contribution in [2.75, 3.05) is 23.8 Å². The maximum Gasteiger partial charge on any atom is 0.225 e. The number of hydrogen-bond donors (Lipinski definition) is 3. The quantitative estimate of drug-likeness (QED) is 0.433. The fourth-order valence-electron chi connectivity index (χ4n) is 5.14. The summed E-state index contributed by atoms with van der Waals surface area (Å²) in [6, 6.07) is 1.53. The van der Waals surface area contributed by atoms with Crippen LogP contribution >= 0.6 is 0 Å². The van der Waals surface area contributed by atoms with E-state index in [-0.39, 0.29) is 29.9 Å². The molecule has 37 heavy (non-hydrogen) atoms. The number of imidazole rings is 1. The average Bonchev–Trinajstić information content (AvgIpc) is 3.40. The SMILES string of the molecule is O=C(NC1CC1)C1CCC(n2c(Nc3c(F)cc(F)cc3F)nc3cnc(N[C@H]4CCOC4)nc32)CC1. The largest absolute Gasteiger partial charge is 0.379 e. The minimum atomic E-state index is -1.06. The van der Waals surface area contributed by atoms with Crippen molar-refractivity contribution in [2.24, 2.45) is 5.92 Å². The fraction of sp³-hybridized carbons (Fsp3) is 0.520. The lowest BCUT2D eigenvalue weighted by molar-refractivity contribution is -0.126. The van der Waals surface area contributed by atoms with Crippen LogP contribution in [0.3, 0.4) is 0 Å². The maximum absolute atomic E-state index is 14.5. The van der Waals surface area contributed by atoms with E-state index in [0.29, 0.717) is 74.2 Å². The average molecular weight is 516 g/mol. The summed E-state index contributed by atoms with van der Waals surface area (Å²) in [5.74, 6) is -2.51. The third-order valence-electron chi connectivity index (χ3n) is 7.30. The number of ether oxygens (including phenoxy) is 1. The second-order valence-corrected chi connectivity index (χ2v) is 10.1. The van der Waals surface area contributed by atoms with Crippen LogP contribution in [-0.2, 0) is 9.53 Å². The topological polar surface area (TPSA) is 106 Å². The molecule has 3 aromatic rings. The van der Waals surface area contributed by atoms with Crippen molar-refractivity contribution in [3.8, 4) is 0 Å². The van der Waals surface area contributed by atoms with Gasteiger partial charge in [0.2, 0.25) is 17.8 Å². The van der Waals surface area contributed by atoms with Gasteiger partial charge >= 0.3 is 0 Å². The highest BCUT2D eigenvalue weighted by Crippen LogP contribution is 2.38. The first-order valence-electron chi connectivity index (χ1n) is 12.8. The van der Waals surface area contributed by atoms with E-state index in [4.69, 9.17) is 9.72 Å². The van der Waals surface area contributed by atoms with Crippen LogP contribution in [0.15, 0.2) is 18.3 Å². The second kappa shape index (κ2) is 9.81. The lowest BCUT2D eigenvalue weighted by Crippen LogP contribution is -2.35. The van der Waals surface area contributed by atoms with E-state index < -0.39 is 23.1 Å². The molecule has 1 aromatic carbocycles.